The van der Waals surface area contributed by atoms with Crippen LogP contribution in [0.1, 0.15) is 18.4 Å². The summed E-state index contributed by atoms with van der Waals surface area (Å²) in [5.41, 5.74) is 0.631. The van der Waals surface area contributed by atoms with Gasteiger partial charge in [0, 0.05) is 19.6 Å². The van der Waals surface area contributed by atoms with E-state index in [2.05, 4.69) is 5.32 Å². The van der Waals surface area contributed by atoms with Crippen molar-refractivity contribution >= 4 is 0 Å². The van der Waals surface area contributed by atoms with Gasteiger partial charge in [-0.2, -0.15) is 0 Å². The first-order valence-electron chi connectivity index (χ1n) is 5.92. The van der Waals surface area contributed by atoms with Crippen molar-refractivity contribution in [2.24, 2.45) is 0 Å². The van der Waals surface area contributed by atoms with Crippen molar-refractivity contribution in [3.63, 3.8) is 0 Å². The van der Waals surface area contributed by atoms with Crippen molar-refractivity contribution in [2.45, 2.75) is 24.9 Å². The Bertz CT molecular complexity index is 386. The Morgan fingerprint density at radius 1 is 1.29 bits per heavy atom. The van der Waals surface area contributed by atoms with Crippen LogP contribution in [0.2, 0.25) is 0 Å². The lowest BCUT2D eigenvalue weighted by atomic mass is 9.85. The largest absolute Gasteiger partial charge is 0.508 e. The predicted octanol–water partition coefficient (Wildman–Crippen LogP) is 1.41. The summed E-state index contributed by atoms with van der Waals surface area (Å²) in [6, 6.07) is 4.73. The van der Waals surface area contributed by atoms with Crippen molar-refractivity contribution in [1.29, 1.82) is 0 Å². The zero-order valence-corrected chi connectivity index (χ0v) is 10.1. The van der Waals surface area contributed by atoms with Crippen LogP contribution in [0.15, 0.2) is 18.2 Å². The van der Waals surface area contributed by atoms with Crippen LogP contribution in [-0.2, 0) is 11.2 Å². The second-order valence-corrected chi connectivity index (χ2v) is 4.63. The van der Waals surface area contributed by atoms with Gasteiger partial charge in [-0.05, 0) is 37.6 Å². The van der Waals surface area contributed by atoms with E-state index < -0.39 is 0 Å². The van der Waals surface area contributed by atoms with Crippen molar-refractivity contribution in [1.82, 2.24) is 5.32 Å². The molecule has 0 aromatic heterocycles. The van der Waals surface area contributed by atoms with E-state index in [9.17, 15) is 10.2 Å². The topological polar surface area (TPSA) is 61.7 Å². The zero-order valence-electron chi connectivity index (χ0n) is 10.1. The first-order chi connectivity index (χ1) is 8.15. The average molecular weight is 237 g/mol. The Balaban J connectivity index is 2.17. The third-order valence-corrected chi connectivity index (χ3v) is 3.53. The molecule has 0 amide bonds. The van der Waals surface area contributed by atoms with Crippen LogP contribution in [0.3, 0.4) is 0 Å². The highest BCUT2D eigenvalue weighted by atomic mass is 16.5. The van der Waals surface area contributed by atoms with E-state index in [1.54, 1.807) is 19.2 Å². The summed E-state index contributed by atoms with van der Waals surface area (Å²) in [5, 5.41) is 22.4. The molecule has 2 rings (SSSR count). The molecule has 1 saturated heterocycles. The van der Waals surface area contributed by atoms with E-state index in [0.29, 0.717) is 6.42 Å². The molecular weight excluding hydrogens is 218 g/mol. The summed E-state index contributed by atoms with van der Waals surface area (Å²) >= 11 is 0. The lowest BCUT2D eigenvalue weighted by molar-refractivity contribution is -0.0337. The van der Waals surface area contributed by atoms with Gasteiger partial charge in [-0.15, -0.1) is 0 Å². The molecule has 17 heavy (non-hydrogen) atoms. The van der Waals surface area contributed by atoms with E-state index >= 15 is 0 Å². The molecule has 0 atom stereocenters. The van der Waals surface area contributed by atoms with E-state index in [-0.39, 0.29) is 17.1 Å². The molecule has 0 aliphatic carbocycles. The van der Waals surface area contributed by atoms with Gasteiger partial charge in [0.05, 0.1) is 5.60 Å². The molecule has 1 aromatic rings. The second-order valence-electron chi connectivity index (χ2n) is 4.63. The number of hydrogen-bond acceptors (Lipinski definition) is 4. The maximum Gasteiger partial charge on any atom is 0.122 e. The van der Waals surface area contributed by atoms with Gasteiger partial charge in [-0.1, -0.05) is 6.07 Å². The maximum absolute atomic E-state index is 9.80. The molecule has 4 heteroatoms. The molecule has 1 fully saturated rings. The maximum atomic E-state index is 9.80. The summed E-state index contributed by atoms with van der Waals surface area (Å²) in [5.74, 6) is 0.225. The number of hydrogen-bond donors (Lipinski definition) is 3. The molecule has 1 aliphatic heterocycles. The van der Waals surface area contributed by atoms with Gasteiger partial charge in [-0.3, -0.25) is 0 Å². The number of methoxy groups -OCH3 is 1. The lowest BCUT2D eigenvalue weighted by Gasteiger charge is -2.36. The van der Waals surface area contributed by atoms with Crippen LogP contribution >= 0.6 is 0 Å². The molecule has 0 saturated carbocycles. The number of ether oxygens (including phenoxy) is 1. The first kappa shape index (κ1) is 12.2. The van der Waals surface area contributed by atoms with Gasteiger partial charge in [0.25, 0.3) is 0 Å². The van der Waals surface area contributed by atoms with Crippen LogP contribution < -0.4 is 5.32 Å². The fraction of sp³-hybridized carbons (Fsp3) is 0.538. The Morgan fingerprint density at radius 2 is 2.00 bits per heavy atom. The number of piperidine rings is 1. The normalized spacial score (nSPS) is 19.1. The second kappa shape index (κ2) is 4.94. The number of benzene rings is 1. The molecule has 1 aromatic carbocycles. The van der Waals surface area contributed by atoms with Gasteiger partial charge in [0.15, 0.2) is 0 Å². The third kappa shape index (κ3) is 2.70. The summed E-state index contributed by atoms with van der Waals surface area (Å²) in [6.45, 7) is 1.87. The molecule has 0 radical (unpaired) electrons. The smallest absolute Gasteiger partial charge is 0.122 e. The van der Waals surface area contributed by atoms with Gasteiger partial charge < -0.3 is 20.3 Å². The van der Waals surface area contributed by atoms with Crippen molar-refractivity contribution in [2.75, 3.05) is 20.2 Å². The summed E-state index contributed by atoms with van der Waals surface area (Å²) < 4.78 is 5.65. The fourth-order valence-electron chi connectivity index (χ4n) is 2.38. The third-order valence-electron chi connectivity index (χ3n) is 3.53. The van der Waals surface area contributed by atoms with E-state index in [1.165, 1.54) is 6.07 Å². The summed E-state index contributed by atoms with van der Waals surface area (Å²) in [4.78, 5) is 0. The van der Waals surface area contributed by atoms with Gasteiger partial charge in [-0.25, -0.2) is 0 Å². The Morgan fingerprint density at radius 3 is 2.59 bits per heavy atom. The van der Waals surface area contributed by atoms with Crippen LogP contribution in [0.5, 0.6) is 11.5 Å². The van der Waals surface area contributed by atoms with E-state index in [0.717, 1.165) is 31.5 Å². The number of nitrogens with one attached hydrogen (secondary N) is 1. The van der Waals surface area contributed by atoms with Gasteiger partial charge in [0.2, 0.25) is 0 Å². The van der Waals surface area contributed by atoms with E-state index in [4.69, 9.17) is 4.74 Å². The van der Waals surface area contributed by atoms with Crippen LogP contribution in [0.25, 0.3) is 0 Å². The molecule has 3 N–H and O–H groups in total. The van der Waals surface area contributed by atoms with Crippen LogP contribution in [-0.4, -0.2) is 36.0 Å². The minimum Gasteiger partial charge on any atom is -0.508 e. The molecule has 0 unspecified atom stereocenters. The lowest BCUT2D eigenvalue weighted by Crippen LogP contribution is -2.44. The quantitative estimate of drug-likeness (QED) is 0.744. The van der Waals surface area contributed by atoms with Gasteiger partial charge >= 0.3 is 0 Å². The zero-order chi connectivity index (χ0) is 12.3. The molecule has 0 spiro atoms. The standard InChI is InChI=1S/C13H19NO3/c1-17-13(4-6-14-7-5-13)9-10-2-3-11(15)8-12(10)16/h2-3,8,14-16H,4-7,9H2,1H3. The SMILES string of the molecule is COC1(Cc2ccc(O)cc2O)CCNCC1. The first-order valence-corrected chi connectivity index (χ1v) is 5.92. The highest BCUT2D eigenvalue weighted by Crippen LogP contribution is 2.32. The molecule has 94 valence electrons. The molecular formula is C13H19NO3. The Labute approximate surface area is 101 Å². The predicted molar refractivity (Wildman–Crippen MR) is 65.3 cm³/mol. The Hall–Kier alpha value is -1.26. The molecule has 4 nitrogen and oxygen atoms in total. The molecule has 1 heterocycles. The van der Waals surface area contributed by atoms with Crippen molar-refractivity contribution < 1.29 is 14.9 Å². The number of rotatable bonds is 3. The van der Waals surface area contributed by atoms with Gasteiger partial charge in [0.1, 0.15) is 11.5 Å². The average Bonchev–Trinajstić information content (AvgIpc) is 2.34. The molecule has 1 aliphatic rings. The highest BCUT2D eigenvalue weighted by molar-refractivity contribution is 5.39. The Kier molecular flexibility index (Phi) is 3.54. The van der Waals surface area contributed by atoms with Crippen LogP contribution in [0, 0.1) is 0 Å². The number of phenols is 2. The van der Waals surface area contributed by atoms with Crippen LogP contribution in [0.4, 0.5) is 0 Å². The minimum atomic E-state index is -0.195. The minimum absolute atomic E-state index is 0.0861. The van der Waals surface area contributed by atoms with Crippen molar-refractivity contribution in [3.05, 3.63) is 23.8 Å². The number of aromatic hydroxyl groups is 2. The summed E-state index contributed by atoms with van der Waals surface area (Å²) in [6.07, 6.45) is 2.55. The fourth-order valence-corrected chi connectivity index (χ4v) is 2.38. The van der Waals surface area contributed by atoms with E-state index in [1.807, 2.05) is 0 Å². The summed E-state index contributed by atoms with van der Waals surface area (Å²) in [7, 11) is 1.72. The monoisotopic (exact) mass is 237 g/mol. The van der Waals surface area contributed by atoms with Crippen molar-refractivity contribution in [3.8, 4) is 11.5 Å². The molecule has 0 bridgehead atoms. The highest BCUT2D eigenvalue weighted by Gasteiger charge is 2.32. The number of phenolic OH excluding ortho intramolecular Hbond substituents is 2.